The molecular formula is C17H24N2O5. The van der Waals surface area contributed by atoms with Crippen LogP contribution >= 0.6 is 0 Å². The average molecular weight is 336 g/mol. The first-order chi connectivity index (χ1) is 11.4. The Kier molecular flexibility index (Phi) is 8.49. The molecule has 132 valence electrons. The summed E-state index contributed by atoms with van der Waals surface area (Å²) in [6.45, 7) is 3.59. The van der Waals surface area contributed by atoms with Crippen LogP contribution in [0.15, 0.2) is 30.3 Å². The summed E-state index contributed by atoms with van der Waals surface area (Å²) in [6, 6.07) is 8.44. The third-order valence-electron chi connectivity index (χ3n) is 3.13. The van der Waals surface area contributed by atoms with Crippen molar-refractivity contribution in [3.05, 3.63) is 35.9 Å². The number of ether oxygens (including phenoxy) is 1. The molecule has 7 heteroatoms. The molecule has 1 aromatic carbocycles. The predicted octanol–water partition coefficient (Wildman–Crippen LogP) is 0.935. The van der Waals surface area contributed by atoms with Crippen LogP contribution in [-0.4, -0.2) is 42.1 Å². The summed E-state index contributed by atoms with van der Waals surface area (Å²) >= 11 is 0. The Bertz CT molecular complexity index is 545. The number of aliphatic carboxylic acids is 1. The van der Waals surface area contributed by atoms with Crippen molar-refractivity contribution in [2.45, 2.75) is 32.9 Å². The van der Waals surface area contributed by atoms with E-state index in [4.69, 9.17) is 9.84 Å². The van der Waals surface area contributed by atoms with E-state index in [2.05, 4.69) is 10.6 Å². The molecule has 7 nitrogen and oxygen atoms in total. The number of carboxylic acid groups (broad SMARTS) is 1. The minimum atomic E-state index is -1.09. The van der Waals surface area contributed by atoms with Crippen molar-refractivity contribution in [1.29, 1.82) is 0 Å². The first-order valence-electron chi connectivity index (χ1n) is 7.79. The van der Waals surface area contributed by atoms with Gasteiger partial charge < -0.3 is 20.5 Å². The van der Waals surface area contributed by atoms with Crippen LogP contribution in [0.5, 0.6) is 0 Å². The molecule has 0 aliphatic rings. The van der Waals surface area contributed by atoms with E-state index in [-0.39, 0.29) is 19.1 Å². The van der Waals surface area contributed by atoms with E-state index in [0.29, 0.717) is 13.0 Å². The molecule has 0 bridgehead atoms. The van der Waals surface area contributed by atoms with Gasteiger partial charge >= 0.3 is 5.97 Å². The average Bonchev–Trinajstić information content (AvgIpc) is 2.53. The van der Waals surface area contributed by atoms with Crippen molar-refractivity contribution in [1.82, 2.24) is 10.6 Å². The van der Waals surface area contributed by atoms with Crippen molar-refractivity contribution >= 4 is 17.8 Å². The SMILES string of the molecule is CC(C)C[C@H](NC(=O)CNC(=O)COCc1ccccc1)C(=O)O. The lowest BCUT2D eigenvalue weighted by Crippen LogP contribution is -2.46. The van der Waals surface area contributed by atoms with Gasteiger partial charge in [-0.1, -0.05) is 44.2 Å². The van der Waals surface area contributed by atoms with Crippen LogP contribution in [0.4, 0.5) is 0 Å². The molecule has 0 aromatic heterocycles. The molecule has 3 N–H and O–H groups in total. The minimum absolute atomic E-state index is 0.132. The number of nitrogens with one attached hydrogen (secondary N) is 2. The second-order valence-corrected chi connectivity index (χ2v) is 5.84. The first-order valence-corrected chi connectivity index (χ1v) is 7.79. The van der Waals surface area contributed by atoms with Gasteiger partial charge in [0.05, 0.1) is 13.2 Å². The number of hydrogen-bond acceptors (Lipinski definition) is 4. The summed E-state index contributed by atoms with van der Waals surface area (Å²) < 4.78 is 5.25. The monoisotopic (exact) mass is 336 g/mol. The topological polar surface area (TPSA) is 105 Å². The second-order valence-electron chi connectivity index (χ2n) is 5.84. The molecule has 0 unspecified atom stereocenters. The molecule has 0 spiro atoms. The molecular weight excluding hydrogens is 312 g/mol. The van der Waals surface area contributed by atoms with Crippen LogP contribution < -0.4 is 10.6 Å². The summed E-state index contributed by atoms with van der Waals surface area (Å²) in [5.41, 5.74) is 0.945. The summed E-state index contributed by atoms with van der Waals surface area (Å²) in [5, 5.41) is 13.8. The Labute approximate surface area is 141 Å². The zero-order valence-electron chi connectivity index (χ0n) is 14.0. The Morgan fingerprint density at radius 2 is 1.79 bits per heavy atom. The minimum Gasteiger partial charge on any atom is -0.480 e. The smallest absolute Gasteiger partial charge is 0.326 e. The van der Waals surface area contributed by atoms with Crippen molar-refractivity contribution in [3.8, 4) is 0 Å². The Hall–Kier alpha value is -2.41. The number of carbonyl (C=O) groups excluding carboxylic acids is 2. The van der Waals surface area contributed by atoms with E-state index in [9.17, 15) is 14.4 Å². The molecule has 0 fully saturated rings. The fraction of sp³-hybridized carbons (Fsp3) is 0.471. The first kappa shape index (κ1) is 19.6. The van der Waals surface area contributed by atoms with Crippen LogP contribution in [0.2, 0.25) is 0 Å². The highest BCUT2D eigenvalue weighted by molar-refractivity contribution is 5.88. The van der Waals surface area contributed by atoms with Gasteiger partial charge in [0.15, 0.2) is 0 Å². The molecule has 1 atom stereocenters. The maximum absolute atomic E-state index is 11.7. The molecule has 0 aliphatic heterocycles. The number of hydrogen-bond donors (Lipinski definition) is 3. The second kappa shape index (κ2) is 10.4. The summed E-state index contributed by atoms with van der Waals surface area (Å²) in [4.78, 5) is 34.4. The molecule has 1 rings (SSSR count). The molecule has 0 aliphatic carbocycles. The van der Waals surface area contributed by atoms with Gasteiger partial charge in [0.1, 0.15) is 12.6 Å². The van der Waals surface area contributed by atoms with Crippen molar-refractivity contribution in [2.24, 2.45) is 5.92 Å². The van der Waals surface area contributed by atoms with Crippen molar-refractivity contribution in [2.75, 3.05) is 13.2 Å². The van der Waals surface area contributed by atoms with Crippen LogP contribution in [0.3, 0.4) is 0 Å². The van der Waals surface area contributed by atoms with Gasteiger partial charge in [-0.2, -0.15) is 0 Å². The van der Waals surface area contributed by atoms with Gasteiger partial charge in [-0.3, -0.25) is 9.59 Å². The fourth-order valence-corrected chi connectivity index (χ4v) is 2.00. The van der Waals surface area contributed by atoms with Gasteiger partial charge in [0, 0.05) is 0 Å². The number of amides is 2. The van der Waals surface area contributed by atoms with Crippen molar-refractivity contribution < 1.29 is 24.2 Å². The van der Waals surface area contributed by atoms with Crippen LogP contribution in [0.25, 0.3) is 0 Å². The third kappa shape index (κ3) is 8.28. The Morgan fingerprint density at radius 1 is 1.12 bits per heavy atom. The van der Waals surface area contributed by atoms with E-state index in [0.717, 1.165) is 5.56 Å². The number of carbonyl (C=O) groups is 3. The van der Waals surface area contributed by atoms with Crippen molar-refractivity contribution in [3.63, 3.8) is 0 Å². The zero-order chi connectivity index (χ0) is 17.9. The fourth-order valence-electron chi connectivity index (χ4n) is 2.00. The lowest BCUT2D eigenvalue weighted by atomic mass is 10.0. The van der Waals surface area contributed by atoms with Gasteiger partial charge in [-0.25, -0.2) is 4.79 Å². The molecule has 0 saturated carbocycles. The summed E-state index contributed by atoms with van der Waals surface area (Å²) in [6.07, 6.45) is 0.329. The predicted molar refractivity (Wildman–Crippen MR) is 88.1 cm³/mol. The molecule has 2 amide bonds. The summed E-state index contributed by atoms with van der Waals surface area (Å²) in [7, 11) is 0. The third-order valence-corrected chi connectivity index (χ3v) is 3.13. The number of carboxylic acids is 1. The van der Waals surface area contributed by atoms with Gasteiger partial charge in [0.2, 0.25) is 11.8 Å². The quantitative estimate of drug-likeness (QED) is 0.590. The van der Waals surface area contributed by atoms with Crippen LogP contribution in [0, 0.1) is 5.92 Å². The van der Waals surface area contributed by atoms with Gasteiger partial charge in [0.25, 0.3) is 0 Å². The Balaban J connectivity index is 2.25. The molecule has 0 saturated heterocycles. The molecule has 0 heterocycles. The van der Waals surface area contributed by atoms with E-state index in [1.54, 1.807) is 0 Å². The van der Waals surface area contributed by atoms with E-state index in [1.165, 1.54) is 0 Å². The molecule has 24 heavy (non-hydrogen) atoms. The Morgan fingerprint density at radius 3 is 2.38 bits per heavy atom. The lowest BCUT2D eigenvalue weighted by Gasteiger charge is -2.16. The van der Waals surface area contributed by atoms with Crippen LogP contribution in [0.1, 0.15) is 25.8 Å². The van der Waals surface area contributed by atoms with E-state index < -0.39 is 23.8 Å². The molecule has 0 radical (unpaired) electrons. The highest BCUT2D eigenvalue weighted by Crippen LogP contribution is 2.04. The zero-order valence-corrected chi connectivity index (χ0v) is 14.0. The van der Waals surface area contributed by atoms with Gasteiger partial charge in [-0.05, 0) is 17.9 Å². The maximum atomic E-state index is 11.7. The number of rotatable bonds is 10. The highest BCUT2D eigenvalue weighted by Gasteiger charge is 2.21. The summed E-state index contributed by atoms with van der Waals surface area (Å²) in [5.74, 6) is -1.93. The lowest BCUT2D eigenvalue weighted by molar-refractivity contribution is -0.142. The normalized spacial score (nSPS) is 11.8. The van der Waals surface area contributed by atoms with Gasteiger partial charge in [-0.15, -0.1) is 0 Å². The number of benzene rings is 1. The standard InChI is InChI=1S/C17H24N2O5/c1-12(2)8-14(17(22)23)19-15(20)9-18-16(21)11-24-10-13-6-4-3-5-7-13/h3-7,12,14H,8-11H2,1-2H3,(H,18,21)(H,19,20)(H,22,23)/t14-/m0/s1. The molecule has 1 aromatic rings. The largest absolute Gasteiger partial charge is 0.480 e. The van der Waals surface area contributed by atoms with E-state index >= 15 is 0 Å². The van der Waals surface area contributed by atoms with Crippen LogP contribution in [-0.2, 0) is 25.7 Å². The highest BCUT2D eigenvalue weighted by atomic mass is 16.5. The maximum Gasteiger partial charge on any atom is 0.326 e. The van der Waals surface area contributed by atoms with E-state index in [1.807, 2.05) is 44.2 Å².